The van der Waals surface area contributed by atoms with Gasteiger partial charge in [-0.25, -0.2) is 0 Å². The number of nitrogens with one attached hydrogen (secondary N) is 1. The zero-order valence-electron chi connectivity index (χ0n) is 11.2. The maximum Gasteiger partial charge on any atom is 0.169 e. The first-order chi connectivity index (χ1) is 8.17. The van der Waals surface area contributed by atoms with Gasteiger partial charge in [-0.05, 0) is 32.9 Å². The number of ether oxygens (including phenoxy) is 2. The largest absolute Gasteiger partial charge is 0.355 e. The van der Waals surface area contributed by atoms with Crippen LogP contribution in [0.1, 0.15) is 17.8 Å². The number of nitrogens with zero attached hydrogens (tertiary/aromatic N) is 2. The molecule has 1 heterocycles. The molecule has 0 saturated heterocycles. The van der Waals surface area contributed by atoms with Crippen LogP contribution in [-0.2, 0) is 16.0 Å². The highest BCUT2D eigenvalue weighted by Gasteiger charge is 2.03. The first-order valence-corrected chi connectivity index (χ1v) is 5.94. The van der Waals surface area contributed by atoms with Crippen molar-refractivity contribution in [1.29, 1.82) is 0 Å². The van der Waals surface area contributed by atoms with Crippen molar-refractivity contribution in [3.8, 4) is 0 Å². The smallest absolute Gasteiger partial charge is 0.169 e. The van der Waals surface area contributed by atoms with Crippen LogP contribution < -0.4 is 5.32 Å². The van der Waals surface area contributed by atoms with Crippen molar-refractivity contribution in [2.24, 2.45) is 0 Å². The topological polar surface area (TPSA) is 48.3 Å². The van der Waals surface area contributed by atoms with Gasteiger partial charge in [-0.3, -0.25) is 4.68 Å². The van der Waals surface area contributed by atoms with Crippen LogP contribution in [0, 0.1) is 13.8 Å². The lowest BCUT2D eigenvalue weighted by atomic mass is 10.4. The Kier molecular flexibility index (Phi) is 6.18. The monoisotopic (exact) mass is 241 g/mol. The molecule has 0 spiro atoms. The lowest BCUT2D eigenvalue weighted by molar-refractivity contribution is -0.0986. The zero-order valence-corrected chi connectivity index (χ0v) is 11.2. The summed E-state index contributed by atoms with van der Waals surface area (Å²) < 4.78 is 12.2. The van der Waals surface area contributed by atoms with Gasteiger partial charge in [-0.2, -0.15) is 5.10 Å². The molecule has 98 valence electrons. The zero-order chi connectivity index (χ0) is 12.7. The van der Waals surface area contributed by atoms with Crippen molar-refractivity contribution in [3.63, 3.8) is 0 Å². The first-order valence-electron chi connectivity index (χ1n) is 5.94. The molecule has 0 aliphatic rings. The van der Waals surface area contributed by atoms with Gasteiger partial charge < -0.3 is 14.8 Å². The Hall–Kier alpha value is -0.910. The van der Waals surface area contributed by atoms with E-state index >= 15 is 0 Å². The third-order valence-corrected chi connectivity index (χ3v) is 2.66. The molecule has 0 aromatic carbocycles. The van der Waals surface area contributed by atoms with Gasteiger partial charge >= 0.3 is 0 Å². The summed E-state index contributed by atoms with van der Waals surface area (Å²) in [5.74, 6) is 0. The number of hydrogen-bond acceptors (Lipinski definition) is 4. The van der Waals surface area contributed by atoms with Crippen molar-refractivity contribution in [1.82, 2.24) is 15.1 Å². The summed E-state index contributed by atoms with van der Waals surface area (Å²) in [5, 5.41) is 7.71. The van der Waals surface area contributed by atoms with Gasteiger partial charge in [0.25, 0.3) is 0 Å². The summed E-state index contributed by atoms with van der Waals surface area (Å²) in [7, 11) is 3.29. The maximum atomic E-state index is 5.08. The SMILES string of the molecule is COC(CNCCCn1nc(C)cc1C)OC. The molecule has 1 aromatic heterocycles. The number of methoxy groups -OCH3 is 2. The molecule has 1 aromatic rings. The van der Waals surface area contributed by atoms with Gasteiger partial charge in [0.05, 0.1) is 5.69 Å². The van der Waals surface area contributed by atoms with Crippen molar-refractivity contribution in [3.05, 3.63) is 17.5 Å². The van der Waals surface area contributed by atoms with Gasteiger partial charge in [0.2, 0.25) is 0 Å². The lowest BCUT2D eigenvalue weighted by Crippen LogP contribution is -2.30. The molecule has 1 rings (SSSR count). The predicted octanol–water partition coefficient (Wildman–Crippen LogP) is 1.10. The molecule has 5 nitrogen and oxygen atoms in total. The third-order valence-electron chi connectivity index (χ3n) is 2.66. The van der Waals surface area contributed by atoms with Crippen LogP contribution in [0.25, 0.3) is 0 Å². The predicted molar refractivity (Wildman–Crippen MR) is 67.0 cm³/mol. The Morgan fingerprint density at radius 3 is 2.59 bits per heavy atom. The quantitative estimate of drug-likeness (QED) is 0.547. The minimum Gasteiger partial charge on any atom is -0.355 e. The summed E-state index contributed by atoms with van der Waals surface area (Å²) in [4.78, 5) is 0. The molecule has 0 fully saturated rings. The van der Waals surface area contributed by atoms with Crippen molar-refractivity contribution >= 4 is 0 Å². The van der Waals surface area contributed by atoms with Crippen molar-refractivity contribution in [2.75, 3.05) is 27.3 Å². The number of hydrogen-bond donors (Lipinski definition) is 1. The van der Waals surface area contributed by atoms with Crippen LogP contribution in [0.15, 0.2) is 6.07 Å². The Bertz CT molecular complexity index is 322. The van der Waals surface area contributed by atoms with Crippen LogP contribution in [0.5, 0.6) is 0 Å². The van der Waals surface area contributed by atoms with Gasteiger partial charge in [0.1, 0.15) is 0 Å². The molecule has 0 aliphatic carbocycles. The second-order valence-electron chi connectivity index (χ2n) is 4.11. The summed E-state index contributed by atoms with van der Waals surface area (Å²) in [6.07, 6.45) is 0.881. The molecule has 0 saturated carbocycles. The van der Waals surface area contributed by atoms with Crippen LogP contribution in [0.4, 0.5) is 0 Å². The molecule has 1 N–H and O–H groups in total. The highest BCUT2D eigenvalue weighted by molar-refractivity contribution is 5.06. The van der Waals surface area contributed by atoms with E-state index < -0.39 is 0 Å². The molecule has 17 heavy (non-hydrogen) atoms. The lowest BCUT2D eigenvalue weighted by Gasteiger charge is -2.14. The van der Waals surface area contributed by atoms with Crippen molar-refractivity contribution in [2.45, 2.75) is 33.1 Å². The van der Waals surface area contributed by atoms with Crippen LogP contribution in [-0.4, -0.2) is 43.4 Å². The number of rotatable bonds is 8. The number of aromatic nitrogens is 2. The van der Waals surface area contributed by atoms with E-state index in [1.807, 2.05) is 11.6 Å². The van der Waals surface area contributed by atoms with Gasteiger partial charge in [-0.1, -0.05) is 0 Å². The van der Waals surface area contributed by atoms with E-state index in [0.29, 0.717) is 6.54 Å². The molecular weight excluding hydrogens is 218 g/mol. The summed E-state index contributed by atoms with van der Waals surface area (Å²) in [6, 6.07) is 2.10. The minimum atomic E-state index is -0.163. The highest BCUT2D eigenvalue weighted by atomic mass is 16.7. The van der Waals surface area contributed by atoms with E-state index in [2.05, 4.69) is 23.4 Å². The summed E-state index contributed by atoms with van der Waals surface area (Å²) in [5.41, 5.74) is 2.29. The van der Waals surface area contributed by atoms with E-state index in [1.54, 1.807) is 14.2 Å². The van der Waals surface area contributed by atoms with Crippen LogP contribution in [0.2, 0.25) is 0 Å². The van der Waals surface area contributed by atoms with E-state index in [1.165, 1.54) is 5.69 Å². The summed E-state index contributed by atoms with van der Waals surface area (Å²) in [6.45, 7) is 6.69. The fourth-order valence-corrected chi connectivity index (χ4v) is 1.74. The Morgan fingerprint density at radius 1 is 1.35 bits per heavy atom. The Balaban J connectivity index is 2.14. The number of aryl methyl sites for hydroxylation is 3. The van der Waals surface area contributed by atoms with Gasteiger partial charge in [0.15, 0.2) is 6.29 Å². The standard InChI is InChI=1S/C12H23N3O2/c1-10-8-11(2)15(14-10)7-5-6-13-9-12(16-3)17-4/h8,12-13H,5-7,9H2,1-4H3. The molecule has 5 heteroatoms. The summed E-state index contributed by atoms with van der Waals surface area (Å²) >= 11 is 0. The fourth-order valence-electron chi connectivity index (χ4n) is 1.74. The van der Waals surface area contributed by atoms with Crippen LogP contribution >= 0.6 is 0 Å². The highest BCUT2D eigenvalue weighted by Crippen LogP contribution is 2.02. The fraction of sp³-hybridized carbons (Fsp3) is 0.750. The molecule has 0 radical (unpaired) electrons. The van der Waals surface area contributed by atoms with Gasteiger partial charge in [-0.15, -0.1) is 0 Å². The molecule has 0 amide bonds. The Labute approximate surface area is 103 Å². The average Bonchev–Trinajstić information content (AvgIpc) is 2.62. The molecule has 0 atom stereocenters. The normalized spacial score (nSPS) is 11.4. The second kappa shape index (κ2) is 7.42. The van der Waals surface area contributed by atoms with Crippen LogP contribution in [0.3, 0.4) is 0 Å². The van der Waals surface area contributed by atoms with E-state index in [4.69, 9.17) is 9.47 Å². The molecular formula is C12H23N3O2. The Morgan fingerprint density at radius 2 is 2.06 bits per heavy atom. The van der Waals surface area contributed by atoms with Crippen molar-refractivity contribution < 1.29 is 9.47 Å². The minimum absolute atomic E-state index is 0.163. The molecule has 0 bridgehead atoms. The average molecular weight is 241 g/mol. The second-order valence-corrected chi connectivity index (χ2v) is 4.11. The maximum absolute atomic E-state index is 5.08. The molecule has 0 unspecified atom stereocenters. The van der Waals surface area contributed by atoms with E-state index in [0.717, 1.165) is 25.2 Å². The van der Waals surface area contributed by atoms with E-state index in [9.17, 15) is 0 Å². The molecule has 0 aliphatic heterocycles. The third kappa shape index (κ3) is 4.85. The van der Waals surface area contributed by atoms with Gasteiger partial charge in [0, 0.05) is 33.0 Å². The van der Waals surface area contributed by atoms with E-state index in [-0.39, 0.29) is 6.29 Å². The first kappa shape index (κ1) is 14.2.